The Kier molecular flexibility index (Phi) is 7.16. The van der Waals surface area contributed by atoms with E-state index in [0.717, 1.165) is 23.7 Å². The summed E-state index contributed by atoms with van der Waals surface area (Å²) >= 11 is 3.26. The highest BCUT2D eigenvalue weighted by Crippen LogP contribution is 2.12. The van der Waals surface area contributed by atoms with Gasteiger partial charge in [0.2, 0.25) is 0 Å². The third kappa shape index (κ3) is 7.79. The SMILES string of the molecule is C=C(Br)CCCCC(=O)OCC. The zero-order valence-corrected chi connectivity index (χ0v) is 9.02. The molecule has 0 saturated carbocycles. The van der Waals surface area contributed by atoms with Crippen LogP contribution in [0, 0.1) is 0 Å². The molecule has 12 heavy (non-hydrogen) atoms. The van der Waals surface area contributed by atoms with Gasteiger partial charge in [-0.1, -0.05) is 22.5 Å². The van der Waals surface area contributed by atoms with Crippen molar-refractivity contribution in [3.63, 3.8) is 0 Å². The molecule has 0 radical (unpaired) electrons. The molecule has 0 atom stereocenters. The van der Waals surface area contributed by atoms with Crippen LogP contribution < -0.4 is 0 Å². The second-order valence-corrected chi connectivity index (χ2v) is 3.65. The number of hydrogen-bond donors (Lipinski definition) is 0. The number of unbranched alkanes of at least 4 members (excludes halogenated alkanes) is 1. The molecule has 0 fully saturated rings. The van der Waals surface area contributed by atoms with Crippen molar-refractivity contribution in [2.24, 2.45) is 0 Å². The highest BCUT2D eigenvalue weighted by Gasteiger charge is 2.00. The van der Waals surface area contributed by atoms with Gasteiger partial charge in [-0.05, 0) is 30.7 Å². The van der Waals surface area contributed by atoms with Gasteiger partial charge in [-0.25, -0.2) is 0 Å². The summed E-state index contributed by atoms with van der Waals surface area (Å²) in [5.41, 5.74) is 0. The van der Waals surface area contributed by atoms with E-state index in [4.69, 9.17) is 4.74 Å². The Morgan fingerprint density at radius 3 is 2.50 bits per heavy atom. The summed E-state index contributed by atoms with van der Waals surface area (Å²) in [6, 6.07) is 0. The maximum absolute atomic E-state index is 10.8. The van der Waals surface area contributed by atoms with Crippen molar-refractivity contribution in [1.82, 2.24) is 0 Å². The zero-order valence-electron chi connectivity index (χ0n) is 7.44. The van der Waals surface area contributed by atoms with Crippen LogP contribution >= 0.6 is 15.9 Å². The minimum absolute atomic E-state index is 0.0994. The predicted octanol–water partition coefficient (Wildman–Crippen LogP) is 3.02. The van der Waals surface area contributed by atoms with Crippen LogP contribution in [0.3, 0.4) is 0 Å². The molecule has 0 aliphatic heterocycles. The average Bonchev–Trinajstić information content (AvgIpc) is 1.98. The molecule has 0 aliphatic rings. The van der Waals surface area contributed by atoms with Gasteiger partial charge in [0.05, 0.1) is 6.61 Å². The molecule has 0 N–H and O–H groups in total. The minimum atomic E-state index is -0.0994. The van der Waals surface area contributed by atoms with E-state index in [-0.39, 0.29) is 5.97 Å². The monoisotopic (exact) mass is 234 g/mol. The molecule has 2 nitrogen and oxygen atoms in total. The van der Waals surface area contributed by atoms with Crippen LogP contribution in [0.1, 0.15) is 32.6 Å². The molecule has 0 bridgehead atoms. The fraction of sp³-hybridized carbons (Fsp3) is 0.667. The van der Waals surface area contributed by atoms with Gasteiger partial charge in [0.1, 0.15) is 0 Å². The first-order valence-corrected chi connectivity index (χ1v) is 4.95. The first kappa shape index (κ1) is 11.7. The van der Waals surface area contributed by atoms with Gasteiger partial charge in [0.25, 0.3) is 0 Å². The number of hydrogen-bond acceptors (Lipinski definition) is 2. The van der Waals surface area contributed by atoms with Crippen LogP contribution in [0.2, 0.25) is 0 Å². The molecule has 0 amide bonds. The van der Waals surface area contributed by atoms with Crippen molar-refractivity contribution in [3.8, 4) is 0 Å². The molecule has 0 aromatic heterocycles. The lowest BCUT2D eigenvalue weighted by Crippen LogP contribution is -2.02. The first-order valence-electron chi connectivity index (χ1n) is 4.15. The van der Waals surface area contributed by atoms with E-state index in [1.54, 1.807) is 0 Å². The summed E-state index contributed by atoms with van der Waals surface area (Å²) < 4.78 is 5.77. The van der Waals surface area contributed by atoms with Crippen molar-refractivity contribution in [2.45, 2.75) is 32.6 Å². The Hall–Kier alpha value is -0.310. The second kappa shape index (κ2) is 7.35. The van der Waals surface area contributed by atoms with E-state index in [1.165, 1.54) is 0 Å². The second-order valence-electron chi connectivity index (χ2n) is 2.53. The fourth-order valence-corrected chi connectivity index (χ4v) is 1.10. The summed E-state index contributed by atoms with van der Waals surface area (Å²) in [4.78, 5) is 10.8. The highest BCUT2D eigenvalue weighted by atomic mass is 79.9. The zero-order chi connectivity index (χ0) is 9.40. The van der Waals surface area contributed by atoms with Crippen molar-refractivity contribution < 1.29 is 9.53 Å². The Morgan fingerprint density at radius 1 is 1.42 bits per heavy atom. The molecule has 70 valence electrons. The number of ether oxygens (including phenoxy) is 1. The van der Waals surface area contributed by atoms with Gasteiger partial charge < -0.3 is 4.74 Å². The van der Waals surface area contributed by atoms with Gasteiger partial charge in [0, 0.05) is 6.42 Å². The molecule has 0 heterocycles. The van der Waals surface area contributed by atoms with Crippen molar-refractivity contribution in [3.05, 3.63) is 11.1 Å². The van der Waals surface area contributed by atoms with E-state index in [0.29, 0.717) is 13.0 Å². The molecule has 3 heteroatoms. The molecule has 0 rings (SSSR count). The average molecular weight is 235 g/mol. The molecule has 0 unspecified atom stereocenters. The van der Waals surface area contributed by atoms with Gasteiger partial charge in [0.15, 0.2) is 0 Å². The van der Waals surface area contributed by atoms with E-state index in [1.807, 2.05) is 6.92 Å². The normalized spacial score (nSPS) is 9.50. The Bertz CT molecular complexity index is 155. The number of halogens is 1. The number of esters is 1. The van der Waals surface area contributed by atoms with E-state index in [2.05, 4.69) is 22.5 Å². The number of rotatable bonds is 6. The van der Waals surface area contributed by atoms with Crippen LogP contribution in [0.15, 0.2) is 11.1 Å². The van der Waals surface area contributed by atoms with Gasteiger partial charge in [-0.3, -0.25) is 4.79 Å². The Morgan fingerprint density at radius 2 is 2.00 bits per heavy atom. The third-order valence-electron chi connectivity index (χ3n) is 1.38. The van der Waals surface area contributed by atoms with Crippen molar-refractivity contribution in [1.29, 1.82) is 0 Å². The lowest BCUT2D eigenvalue weighted by molar-refractivity contribution is -0.143. The Balaban J connectivity index is 3.19. The van der Waals surface area contributed by atoms with E-state index >= 15 is 0 Å². The van der Waals surface area contributed by atoms with Crippen LogP contribution in [0.5, 0.6) is 0 Å². The Labute approximate surface area is 82.1 Å². The summed E-state index contributed by atoms with van der Waals surface area (Å²) in [5, 5.41) is 0. The number of allylic oxidation sites excluding steroid dienone is 1. The van der Waals surface area contributed by atoms with Crippen LogP contribution in [-0.4, -0.2) is 12.6 Å². The van der Waals surface area contributed by atoms with Gasteiger partial charge in [-0.15, -0.1) is 0 Å². The summed E-state index contributed by atoms with van der Waals surface area (Å²) in [6.45, 7) is 6.00. The smallest absolute Gasteiger partial charge is 0.305 e. The first-order chi connectivity index (χ1) is 5.66. The lowest BCUT2D eigenvalue weighted by atomic mass is 10.2. The lowest BCUT2D eigenvalue weighted by Gasteiger charge is -2.00. The number of carbonyl (C=O) groups excluding carboxylic acids is 1. The predicted molar refractivity (Wildman–Crippen MR) is 53.2 cm³/mol. The fourth-order valence-electron chi connectivity index (χ4n) is 0.819. The third-order valence-corrected chi connectivity index (χ3v) is 1.78. The van der Waals surface area contributed by atoms with Crippen LogP contribution in [-0.2, 0) is 9.53 Å². The quantitative estimate of drug-likeness (QED) is 0.522. The summed E-state index contributed by atoms with van der Waals surface area (Å²) in [5.74, 6) is -0.0994. The molecule has 0 spiro atoms. The molecule has 0 aromatic carbocycles. The van der Waals surface area contributed by atoms with Crippen LogP contribution in [0.4, 0.5) is 0 Å². The van der Waals surface area contributed by atoms with Crippen LogP contribution in [0.25, 0.3) is 0 Å². The molecular formula is C9H15BrO2. The maximum atomic E-state index is 10.8. The molecule has 0 saturated heterocycles. The topological polar surface area (TPSA) is 26.3 Å². The largest absolute Gasteiger partial charge is 0.466 e. The molecular weight excluding hydrogens is 220 g/mol. The highest BCUT2D eigenvalue weighted by molar-refractivity contribution is 9.11. The van der Waals surface area contributed by atoms with Gasteiger partial charge >= 0.3 is 5.97 Å². The van der Waals surface area contributed by atoms with Crippen molar-refractivity contribution >= 4 is 21.9 Å². The minimum Gasteiger partial charge on any atom is -0.466 e. The number of carbonyl (C=O) groups is 1. The molecule has 0 aliphatic carbocycles. The van der Waals surface area contributed by atoms with E-state index in [9.17, 15) is 4.79 Å². The van der Waals surface area contributed by atoms with Gasteiger partial charge in [-0.2, -0.15) is 0 Å². The summed E-state index contributed by atoms with van der Waals surface area (Å²) in [7, 11) is 0. The summed E-state index contributed by atoms with van der Waals surface area (Å²) in [6.07, 6.45) is 3.32. The maximum Gasteiger partial charge on any atom is 0.305 e. The molecule has 0 aromatic rings. The standard InChI is InChI=1S/C9H15BrO2/c1-3-12-9(11)7-5-4-6-8(2)10/h2-7H2,1H3. The van der Waals surface area contributed by atoms with E-state index < -0.39 is 0 Å². The van der Waals surface area contributed by atoms with Crippen molar-refractivity contribution in [2.75, 3.05) is 6.61 Å².